The SMILES string of the molecule is CCCc1c(C)nc2ccc(OC)cc2c1SCC(=O)[O-]. The van der Waals surface area contributed by atoms with Crippen molar-refractivity contribution in [2.24, 2.45) is 0 Å². The van der Waals surface area contributed by atoms with E-state index in [1.54, 1.807) is 7.11 Å². The van der Waals surface area contributed by atoms with Crippen LogP contribution >= 0.6 is 11.8 Å². The molecule has 0 unspecified atom stereocenters. The summed E-state index contributed by atoms with van der Waals surface area (Å²) in [6.45, 7) is 4.07. The Labute approximate surface area is 128 Å². The van der Waals surface area contributed by atoms with Crippen molar-refractivity contribution in [2.45, 2.75) is 31.6 Å². The first kappa shape index (κ1) is 15.6. The Morgan fingerprint density at radius 3 is 2.81 bits per heavy atom. The normalized spacial score (nSPS) is 10.8. The van der Waals surface area contributed by atoms with Gasteiger partial charge in [0.25, 0.3) is 0 Å². The summed E-state index contributed by atoms with van der Waals surface area (Å²) in [5, 5.41) is 11.8. The Morgan fingerprint density at radius 2 is 2.19 bits per heavy atom. The minimum absolute atomic E-state index is 0.0630. The van der Waals surface area contributed by atoms with Crippen molar-refractivity contribution in [1.82, 2.24) is 4.98 Å². The number of nitrogens with zero attached hydrogens (tertiary/aromatic N) is 1. The number of carboxylic acid groups (broad SMARTS) is 1. The minimum atomic E-state index is -1.06. The van der Waals surface area contributed by atoms with Gasteiger partial charge in [0, 0.05) is 21.7 Å². The van der Waals surface area contributed by atoms with Crippen LogP contribution in [0, 0.1) is 6.92 Å². The summed E-state index contributed by atoms with van der Waals surface area (Å²) in [6, 6.07) is 5.68. The first-order valence-electron chi connectivity index (χ1n) is 6.86. The standard InChI is InChI=1S/C16H19NO3S/c1-4-5-12-10(2)17-14-7-6-11(20-3)8-13(14)16(12)21-9-15(18)19/h6-8H,4-5,9H2,1-3H3,(H,18,19)/p-1. The van der Waals surface area contributed by atoms with Crippen molar-refractivity contribution in [3.05, 3.63) is 29.5 Å². The van der Waals surface area contributed by atoms with Crippen LogP contribution in [0.3, 0.4) is 0 Å². The molecule has 0 N–H and O–H groups in total. The van der Waals surface area contributed by atoms with E-state index in [9.17, 15) is 9.90 Å². The molecule has 0 fully saturated rings. The van der Waals surface area contributed by atoms with E-state index >= 15 is 0 Å². The van der Waals surface area contributed by atoms with Crippen LogP contribution in [0.5, 0.6) is 5.75 Å². The Kier molecular flexibility index (Phi) is 5.07. The lowest BCUT2D eigenvalue weighted by Gasteiger charge is -2.15. The van der Waals surface area contributed by atoms with Gasteiger partial charge in [-0.1, -0.05) is 13.3 Å². The molecule has 0 radical (unpaired) electrons. The van der Waals surface area contributed by atoms with Crippen molar-refractivity contribution >= 4 is 28.6 Å². The van der Waals surface area contributed by atoms with Gasteiger partial charge < -0.3 is 14.6 Å². The van der Waals surface area contributed by atoms with Crippen molar-refractivity contribution in [3.8, 4) is 5.75 Å². The molecule has 4 nitrogen and oxygen atoms in total. The lowest BCUT2D eigenvalue weighted by atomic mass is 10.1. The molecule has 0 aliphatic carbocycles. The zero-order valence-corrected chi connectivity index (χ0v) is 13.3. The summed E-state index contributed by atoms with van der Waals surface area (Å²) in [7, 11) is 1.61. The molecule has 21 heavy (non-hydrogen) atoms. The smallest absolute Gasteiger partial charge is 0.119 e. The molecule has 1 heterocycles. The average molecular weight is 304 g/mol. The number of carbonyl (C=O) groups is 1. The van der Waals surface area contributed by atoms with Crippen LogP contribution in [-0.2, 0) is 11.2 Å². The van der Waals surface area contributed by atoms with E-state index in [1.165, 1.54) is 11.8 Å². The molecule has 2 rings (SSSR count). The molecule has 112 valence electrons. The highest BCUT2D eigenvalue weighted by Gasteiger charge is 2.13. The van der Waals surface area contributed by atoms with Gasteiger partial charge in [0.2, 0.25) is 0 Å². The average Bonchev–Trinajstić information content (AvgIpc) is 2.46. The molecule has 2 aromatic rings. The number of aromatic nitrogens is 1. The number of fused-ring (bicyclic) bond motifs is 1. The van der Waals surface area contributed by atoms with Crippen molar-refractivity contribution in [2.75, 3.05) is 12.9 Å². The molecular weight excluding hydrogens is 286 g/mol. The summed E-state index contributed by atoms with van der Waals surface area (Å²) in [5.74, 6) is -0.384. The number of aryl methyl sites for hydroxylation is 1. The van der Waals surface area contributed by atoms with E-state index in [-0.39, 0.29) is 5.75 Å². The van der Waals surface area contributed by atoms with Crippen molar-refractivity contribution in [3.63, 3.8) is 0 Å². The van der Waals surface area contributed by atoms with Crippen LogP contribution in [0.25, 0.3) is 10.9 Å². The Balaban J connectivity index is 2.64. The number of pyridine rings is 1. The summed E-state index contributed by atoms with van der Waals surface area (Å²) in [5.41, 5.74) is 2.92. The maximum Gasteiger partial charge on any atom is 0.119 e. The lowest BCUT2D eigenvalue weighted by Crippen LogP contribution is -2.24. The quantitative estimate of drug-likeness (QED) is 0.767. The molecule has 0 bridgehead atoms. The topological polar surface area (TPSA) is 62.2 Å². The zero-order valence-electron chi connectivity index (χ0n) is 12.4. The number of carbonyl (C=O) groups excluding carboxylic acids is 1. The van der Waals surface area contributed by atoms with Gasteiger partial charge in [0.05, 0.1) is 18.6 Å². The minimum Gasteiger partial charge on any atom is -0.549 e. The van der Waals surface area contributed by atoms with E-state index in [1.807, 2.05) is 25.1 Å². The van der Waals surface area contributed by atoms with Crippen LogP contribution in [0.4, 0.5) is 0 Å². The van der Waals surface area contributed by atoms with Crippen molar-refractivity contribution < 1.29 is 14.6 Å². The molecule has 0 spiro atoms. The van der Waals surface area contributed by atoms with Gasteiger partial charge in [-0.05, 0) is 37.1 Å². The number of thioether (sulfide) groups is 1. The van der Waals surface area contributed by atoms with Gasteiger partial charge in [-0.3, -0.25) is 4.98 Å². The van der Waals surface area contributed by atoms with Crippen LogP contribution in [0.2, 0.25) is 0 Å². The van der Waals surface area contributed by atoms with Crippen LogP contribution in [0.1, 0.15) is 24.6 Å². The third kappa shape index (κ3) is 3.47. The van der Waals surface area contributed by atoms with E-state index < -0.39 is 5.97 Å². The van der Waals surface area contributed by atoms with Gasteiger partial charge in [0.15, 0.2) is 0 Å². The molecule has 1 aromatic carbocycles. The third-order valence-electron chi connectivity index (χ3n) is 3.28. The fraction of sp³-hybridized carbons (Fsp3) is 0.375. The number of carboxylic acids is 1. The summed E-state index contributed by atoms with van der Waals surface area (Å²) >= 11 is 1.30. The molecule has 0 aliphatic rings. The second-order valence-electron chi connectivity index (χ2n) is 4.80. The number of hydrogen-bond acceptors (Lipinski definition) is 5. The van der Waals surface area contributed by atoms with Gasteiger partial charge in [-0.15, -0.1) is 11.8 Å². The highest BCUT2D eigenvalue weighted by Crippen LogP contribution is 2.34. The van der Waals surface area contributed by atoms with Crippen molar-refractivity contribution in [1.29, 1.82) is 0 Å². The molecule has 0 aliphatic heterocycles. The monoisotopic (exact) mass is 304 g/mol. The summed E-state index contributed by atoms with van der Waals surface area (Å²) in [6.07, 6.45) is 1.86. The lowest BCUT2D eigenvalue weighted by molar-refractivity contribution is -0.301. The molecule has 0 amide bonds. The van der Waals surface area contributed by atoms with Gasteiger partial charge in [-0.2, -0.15) is 0 Å². The summed E-state index contributed by atoms with van der Waals surface area (Å²) in [4.78, 5) is 16.4. The van der Waals surface area contributed by atoms with Gasteiger partial charge in [0.1, 0.15) is 5.75 Å². The van der Waals surface area contributed by atoms with E-state index in [2.05, 4.69) is 11.9 Å². The fourth-order valence-electron chi connectivity index (χ4n) is 2.34. The molecule has 1 aromatic heterocycles. The number of aliphatic carboxylic acids is 1. The fourth-order valence-corrected chi connectivity index (χ4v) is 3.34. The van der Waals surface area contributed by atoms with Crippen LogP contribution in [-0.4, -0.2) is 23.8 Å². The number of hydrogen-bond donors (Lipinski definition) is 0. The predicted octanol–water partition coefficient (Wildman–Crippen LogP) is 2.35. The molecule has 0 saturated carbocycles. The number of methoxy groups -OCH3 is 1. The Bertz CT molecular complexity index is 670. The van der Waals surface area contributed by atoms with Gasteiger partial charge >= 0.3 is 0 Å². The maximum absolute atomic E-state index is 10.8. The van der Waals surface area contributed by atoms with E-state index in [0.29, 0.717) is 0 Å². The third-order valence-corrected chi connectivity index (χ3v) is 4.42. The molecule has 5 heteroatoms. The first-order chi connectivity index (χ1) is 10.1. The molecule has 0 atom stereocenters. The summed E-state index contributed by atoms with van der Waals surface area (Å²) < 4.78 is 5.27. The number of benzene rings is 1. The van der Waals surface area contributed by atoms with E-state index in [4.69, 9.17) is 4.74 Å². The largest absolute Gasteiger partial charge is 0.549 e. The second-order valence-corrected chi connectivity index (χ2v) is 5.78. The van der Waals surface area contributed by atoms with Crippen LogP contribution in [0.15, 0.2) is 23.1 Å². The second kappa shape index (κ2) is 6.80. The number of rotatable bonds is 6. The number of ether oxygens (including phenoxy) is 1. The van der Waals surface area contributed by atoms with Gasteiger partial charge in [-0.25, -0.2) is 0 Å². The maximum atomic E-state index is 10.8. The first-order valence-corrected chi connectivity index (χ1v) is 7.85. The molecular formula is C16H18NO3S-. The highest BCUT2D eigenvalue weighted by atomic mass is 32.2. The highest BCUT2D eigenvalue weighted by molar-refractivity contribution is 8.00. The van der Waals surface area contributed by atoms with E-state index in [0.717, 1.165) is 45.6 Å². The van der Waals surface area contributed by atoms with Crippen LogP contribution < -0.4 is 9.84 Å². The zero-order chi connectivity index (χ0) is 15.4. The Morgan fingerprint density at radius 1 is 1.43 bits per heavy atom. The molecule has 0 saturated heterocycles. The Hall–Kier alpha value is -1.75. The predicted molar refractivity (Wildman–Crippen MR) is 82.8 cm³/mol.